The minimum Gasteiger partial charge on any atom is -0.353 e. The second kappa shape index (κ2) is 5.52. The van der Waals surface area contributed by atoms with Crippen molar-refractivity contribution >= 4 is 11.8 Å². The Labute approximate surface area is 113 Å². The fourth-order valence-electron chi connectivity index (χ4n) is 2.00. The van der Waals surface area contributed by atoms with Crippen LogP contribution in [0.3, 0.4) is 0 Å². The van der Waals surface area contributed by atoms with Crippen molar-refractivity contribution in [1.29, 1.82) is 0 Å². The largest absolute Gasteiger partial charge is 0.416 e. The third-order valence-electron chi connectivity index (χ3n) is 3.00. The van der Waals surface area contributed by atoms with E-state index in [4.69, 9.17) is 0 Å². The van der Waals surface area contributed by atoms with E-state index >= 15 is 0 Å². The van der Waals surface area contributed by atoms with Crippen molar-refractivity contribution in [1.82, 2.24) is 10.2 Å². The summed E-state index contributed by atoms with van der Waals surface area (Å²) in [5.41, 5.74) is -0.491. The molecule has 7 heteroatoms. The van der Waals surface area contributed by atoms with Gasteiger partial charge < -0.3 is 10.2 Å². The number of alkyl halides is 3. The van der Waals surface area contributed by atoms with E-state index in [0.717, 1.165) is 12.1 Å². The summed E-state index contributed by atoms with van der Waals surface area (Å²) in [7, 11) is 0. The minimum absolute atomic E-state index is 0.0439. The molecule has 1 N–H and O–H groups in total. The van der Waals surface area contributed by atoms with Crippen LogP contribution in [0.5, 0.6) is 0 Å². The Morgan fingerprint density at radius 2 is 2.10 bits per heavy atom. The van der Waals surface area contributed by atoms with Gasteiger partial charge in [0.2, 0.25) is 11.8 Å². The number of benzene rings is 1. The van der Waals surface area contributed by atoms with Crippen molar-refractivity contribution in [3.8, 4) is 0 Å². The molecule has 1 aliphatic heterocycles. The van der Waals surface area contributed by atoms with E-state index in [0.29, 0.717) is 13.1 Å². The molecular weight excluding hydrogens is 273 g/mol. The maximum absolute atomic E-state index is 12.6. The summed E-state index contributed by atoms with van der Waals surface area (Å²) in [4.78, 5) is 24.4. The lowest BCUT2D eigenvalue weighted by atomic mass is 10.1. The normalized spacial score (nSPS) is 15.9. The first kappa shape index (κ1) is 14.4. The maximum atomic E-state index is 12.6. The first-order valence-electron chi connectivity index (χ1n) is 6.07. The van der Waals surface area contributed by atoms with Crippen molar-refractivity contribution in [3.63, 3.8) is 0 Å². The lowest BCUT2D eigenvalue weighted by molar-refractivity contribution is -0.138. The van der Waals surface area contributed by atoms with Crippen molar-refractivity contribution in [2.24, 2.45) is 0 Å². The standard InChI is InChI=1S/C13H13F3N2O2/c14-13(15,16)10-3-1-2-9(6-10)7-12(20)18-5-4-17-11(19)8-18/h1-3,6H,4-5,7-8H2,(H,17,19). The van der Waals surface area contributed by atoms with Crippen LogP contribution in [0.2, 0.25) is 0 Å². The third-order valence-corrected chi connectivity index (χ3v) is 3.00. The molecule has 20 heavy (non-hydrogen) atoms. The first-order chi connectivity index (χ1) is 9.36. The van der Waals surface area contributed by atoms with E-state index in [2.05, 4.69) is 5.32 Å². The molecule has 1 heterocycles. The summed E-state index contributed by atoms with van der Waals surface area (Å²) in [5.74, 6) is -0.604. The number of rotatable bonds is 2. The summed E-state index contributed by atoms with van der Waals surface area (Å²) in [5, 5.41) is 2.58. The molecule has 2 rings (SSSR count). The van der Waals surface area contributed by atoms with Gasteiger partial charge in [-0.15, -0.1) is 0 Å². The number of amides is 2. The Bertz CT molecular complexity index is 529. The molecule has 0 aromatic heterocycles. The van der Waals surface area contributed by atoms with Crippen LogP contribution in [-0.2, 0) is 22.2 Å². The van der Waals surface area contributed by atoms with Crippen molar-refractivity contribution in [2.75, 3.05) is 19.6 Å². The molecule has 0 aliphatic carbocycles. The number of nitrogens with zero attached hydrogens (tertiary/aromatic N) is 1. The number of halogens is 3. The predicted octanol–water partition coefficient (Wildman–Crippen LogP) is 1.21. The SMILES string of the molecule is O=C1CN(C(=O)Cc2cccc(C(F)(F)F)c2)CCN1. The van der Waals surface area contributed by atoms with Crippen molar-refractivity contribution in [3.05, 3.63) is 35.4 Å². The number of nitrogens with one attached hydrogen (secondary N) is 1. The fourth-order valence-corrected chi connectivity index (χ4v) is 2.00. The van der Waals surface area contributed by atoms with Gasteiger partial charge >= 0.3 is 6.18 Å². The van der Waals surface area contributed by atoms with Crippen molar-refractivity contribution in [2.45, 2.75) is 12.6 Å². The lowest BCUT2D eigenvalue weighted by Gasteiger charge is -2.26. The molecule has 0 bridgehead atoms. The van der Waals surface area contributed by atoms with Crippen LogP contribution in [-0.4, -0.2) is 36.3 Å². The van der Waals surface area contributed by atoms with Gasteiger partial charge in [-0.1, -0.05) is 18.2 Å². The van der Waals surface area contributed by atoms with Crippen molar-refractivity contribution < 1.29 is 22.8 Å². The summed E-state index contributed by atoms with van der Waals surface area (Å²) in [6.45, 7) is 0.703. The monoisotopic (exact) mass is 286 g/mol. The number of carbonyl (C=O) groups excluding carboxylic acids is 2. The summed E-state index contributed by atoms with van der Waals surface area (Å²) in [6.07, 6.45) is -4.57. The number of hydrogen-bond donors (Lipinski definition) is 1. The van der Waals surface area contributed by atoms with E-state index in [-0.39, 0.29) is 30.3 Å². The fraction of sp³-hybridized carbons (Fsp3) is 0.385. The lowest BCUT2D eigenvalue weighted by Crippen LogP contribution is -2.50. The Morgan fingerprint density at radius 1 is 1.35 bits per heavy atom. The van der Waals surface area contributed by atoms with Gasteiger partial charge in [0.15, 0.2) is 0 Å². The Balaban J connectivity index is 2.06. The van der Waals surface area contributed by atoms with Crippen LogP contribution in [0.25, 0.3) is 0 Å². The van der Waals surface area contributed by atoms with Gasteiger partial charge in [-0.2, -0.15) is 13.2 Å². The zero-order valence-corrected chi connectivity index (χ0v) is 10.5. The molecular formula is C13H13F3N2O2. The first-order valence-corrected chi connectivity index (χ1v) is 6.07. The summed E-state index contributed by atoms with van der Waals surface area (Å²) >= 11 is 0. The molecule has 1 aromatic rings. The van der Waals surface area contributed by atoms with E-state index < -0.39 is 11.7 Å². The molecule has 108 valence electrons. The van der Waals surface area contributed by atoms with Gasteiger partial charge in [0.25, 0.3) is 0 Å². The zero-order valence-electron chi connectivity index (χ0n) is 10.5. The van der Waals surface area contributed by atoms with Crippen LogP contribution >= 0.6 is 0 Å². The van der Waals surface area contributed by atoms with Gasteiger partial charge in [0.1, 0.15) is 0 Å². The Hall–Kier alpha value is -2.05. The van der Waals surface area contributed by atoms with Crippen LogP contribution in [0.4, 0.5) is 13.2 Å². The van der Waals surface area contributed by atoms with E-state index in [1.807, 2.05) is 0 Å². The van der Waals surface area contributed by atoms with Gasteiger partial charge in [-0.3, -0.25) is 9.59 Å². The Morgan fingerprint density at radius 3 is 2.75 bits per heavy atom. The smallest absolute Gasteiger partial charge is 0.353 e. The third kappa shape index (κ3) is 3.49. The highest BCUT2D eigenvalue weighted by Crippen LogP contribution is 2.29. The molecule has 4 nitrogen and oxygen atoms in total. The number of carbonyl (C=O) groups is 2. The van der Waals surface area contributed by atoms with Gasteiger partial charge in [0, 0.05) is 13.1 Å². The van der Waals surface area contributed by atoms with Crippen LogP contribution in [0.1, 0.15) is 11.1 Å². The van der Waals surface area contributed by atoms with Crippen LogP contribution < -0.4 is 5.32 Å². The molecule has 1 aliphatic rings. The quantitative estimate of drug-likeness (QED) is 0.888. The number of piperazine rings is 1. The predicted molar refractivity (Wildman–Crippen MR) is 64.7 cm³/mol. The van der Waals surface area contributed by atoms with Gasteiger partial charge in [-0.25, -0.2) is 0 Å². The molecule has 2 amide bonds. The highest BCUT2D eigenvalue weighted by atomic mass is 19.4. The molecule has 0 spiro atoms. The van der Waals surface area contributed by atoms with Crippen LogP contribution in [0, 0.1) is 0 Å². The Kier molecular flexibility index (Phi) is 3.96. The molecule has 0 saturated carbocycles. The second-order valence-corrected chi connectivity index (χ2v) is 4.54. The van der Waals surface area contributed by atoms with Gasteiger partial charge in [-0.05, 0) is 11.6 Å². The summed E-state index contributed by atoms with van der Waals surface area (Å²) < 4.78 is 37.7. The molecule has 1 fully saturated rings. The summed E-state index contributed by atoms with van der Waals surface area (Å²) in [6, 6.07) is 4.66. The van der Waals surface area contributed by atoms with Crippen LogP contribution in [0.15, 0.2) is 24.3 Å². The number of hydrogen-bond acceptors (Lipinski definition) is 2. The molecule has 0 unspecified atom stereocenters. The maximum Gasteiger partial charge on any atom is 0.416 e. The minimum atomic E-state index is -4.43. The molecule has 0 radical (unpaired) electrons. The zero-order chi connectivity index (χ0) is 14.8. The van der Waals surface area contributed by atoms with E-state index in [1.165, 1.54) is 17.0 Å². The highest BCUT2D eigenvalue weighted by molar-refractivity contribution is 5.86. The van der Waals surface area contributed by atoms with E-state index in [1.54, 1.807) is 0 Å². The molecule has 1 aromatic carbocycles. The molecule has 1 saturated heterocycles. The average Bonchev–Trinajstić information content (AvgIpc) is 2.38. The topological polar surface area (TPSA) is 49.4 Å². The second-order valence-electron chi connectivity index (χ2n) is 4.54. The van der Waals surface area contributed by atoms with Gasteiger partial charge in [0.05, 0.1) is 18.5 Å². The average molecular weight is 286 g/mol. The molecule has 0 atom stereocenters. The van der Waals surface area contributed by atoms with E-state index in [9.17, 15) is 22.8 Å². The highest BCUT2D eigenvalue weighted by Gasteiger charge is 2.30.